The number of hydrogen-bond acceptors (Lipinski definition) is 1. The molecule has 0 spiro atoms. The number of hydrogen-bond donors (Lipinski definition) is 1. The van der Waals surface area contributed by atoms with Crippen LogP contribution in [0.1, 0.15) is 45.1 Å². The summed E-state index contributed by atoms with van der Waals surface area (Å²) in [4.78, 5) is 11.6. The van der Waals surface area contributed by atoms with Gasteiger partial charge in [-0.05, 0) is 12.3 Å². The van der Waals surface area contributed by atoms with Gasteiger partial charge in [-0.1, -0.05) is 27.2 Å². The fourth-order valence-electron chi connectivity index (χ4n) is 1.32. The molecule has 0 saturated carbocycles. The van der Waals surface area contributed by atoms with Crippen molar-refractivity contribution < 1.29 is 0 Å². The minimum Gasteiger partial charge on any atom is -0.303 e. The van der Waals surface area contributed by atoms with E-state index < -0.39 is 0 Å². The van der Waals surface area contributed by atoms with Crippen LogP contribution >= 0.6 is 0 Å². The molecule has 0 unspecified atom stereocenters. The summed E-state index contributed by atoms with van der Waals surface area (Å²) in [6, 6.07) is 0. The van der Waals surface area contributed by atoms with Crippen LogP contribution in [0.25, 0.3) is 0 Å². The summed E-state index contributed by atoms with van der Waals surface area (Å²) < 4.78 is 1.69. The Morgan fingerprint density at radius 2 is 2.23 bits per heavy atom. The summed E-state index contributed by atoms with van der Waals surface area (Å²) in [5.74, 6) is 0.312. The van der Waals surface area contributed by atoms with E-state index in [1.165, 1.54) is 0 Å². The van der Waals surface area contributed by atoms with Gasteiger partial charge in [-0.15, -0.1) is 0 Å². The Kier molecular flexibility index (Phi) is 3.34. The maximum atomic E-state index is 11.6. The molecule has 1 N–H and O–H groups in total. The molecule has 0 bridgehead atoms. The lowest BCUT2D eigenvalue weighted by molar-refractivity contribution is 0.555. The fraction of sp³-hybridized carbons (Fsp3) is 0.700. The lowest BCUT2D eigenvalue weighted by atomic mass is 10.1. The minimum atomic E-state index is 0.142. The van der Waals surface area contributed by atoms with Crippen LogP contribution in [-0.4, -0.2) is 9.78 Å². The Balaban J connectivity index is 2.81. The van der Waals surface area contributed by atoms with Crippen molar-refractivity contribution in [1.29, 1.82) is 0 Å². The highest BCUT2D eigenvalue weighted by Crippen LogP contribution is 2.07. The number of rotatable bonds is 4. The second-order valence-corrected chi connectivity index (χ2v) is 3.69. The zero-order valence-electron chi connectivity index (χ0n) is 8.63. The molecular weight excluding hydrogens is 164 g/mol. The Bertz CT molecular complexity index is 309. The third-order valence-electron chi connectivity index (χ3n) is 2.23. The van der Waals surface area contributed by atoms with Crippen molar-refractivity contribution in [3.05, 3.63) is 22.1 Å². The SMILES string of the molecule is CCCCn1[nH]cc(C(C)C)c1=O. The predicted octanol–water partition coefficient (Wildman–Crippen LogP) is 2.10. The zero-order valence-corrected chi connectivity index (χ0v) is 8.63. The molecule has 0 atom stereocenters. The van der Waals surface area contributed by atoms with Crippen molar-refractivity contribution in [1.82, 2.24) is 9.78 Å². The van der Waals surface area contributed by atoms with Crippen LogP contribution in [0.15, 0.2) is 11.0 Å². The van der Waals surface area contributed by atoms with Crippen LogP contribution in [0.4, 0.5) is 0 Å². The van der Waals surface area contributed by atoms with Crippen molar-refractivity contribution in [2.24, 2.45) is 0 Å². The highest BCUT2D eigenvalue weighted by molar-refractivity contribution is 5.09. The van der Waals surface area contributed by atoms with E-state index in [9.17, 15) is 4.79 Å². The lowest BCUT2D eigenvalue weighted by Gasteiger charge is -1.99. The number of unbranched alkanes of at least 4 members (excludes halogenated alkanes) is 1. The first kappa shape index (κ1) is 10.1. The molecule has 1 heterocycles. The topological polar surface area (TPSA) is 37.8 Å². The molecule has 0 aliphatic heterocycles. The number of H-pyrrole nitrogens is 1. The number of nitrogens with one attached hydrogen (secondary N) is 1. The van der Waals surface area contributed by atoms with Crippen LogP contribution in [0.3, 0.4) is 0 Å². The Hall–Kier alpha value is -0.990. The molecule has 0 fully saturated rings. The third-order valence-corrected chi connectivity index (χ3v) is 2.23. The van der Waals surface area contributed by atoms with Crippen LogP contribution in [0, 0.1) is 0 Å². The van der Waals surface area contributed by atoms with Crippen LogP contribution < -0.4 is 5.56 Å². The average molecular weight is 182 g/mol. The molecule has 0 saturated heterocycles. The monoisotopic (exact) mass is 182 g/mol. The number of aromatic amines is 1. The van der Waals surface area contributed by atoms with Gasteiger partial charge in [0.15, 0.2) is 0 Å². The van der Waals surface area contributed by atoms with E-state index in [4.69, 9.17) is 0 Å². The van der Waals surface area contributed by atoms with E-state index >= 15 is 0 Å². The summed E-state index contributed by atoms with van der Waals surface area (Å²) >= 11 is 0. The van der Waals surface area contributed by atoms with Crippen molar-refractivity contribution in [2.75, 3.05) is 0 Å². The van der Waals surface area contributed by atoms with Crippen molar-refractivity contribution in [3.63, 3.8) is 0 Å². The van der Waals surface area contributed by atoms with E-state index in [2.05, 4.69) is 12.0 Å². The summed E-state index contributed by atoms with van der Waals surface area (Å²) in [6.45, 7) is 7.00. The van der Waals surface area contributed by atoms with Crippen molar-refractivity contribution >= 4 is 0 Å². The van der Waals surface area contributed by atoms with Gasteiger partial charge in [-0.25, -0.2) is 0 Å². The van der Waals surface area contributed by atoms with E-state index in [0.717, 1.165) is 24.9 Å². The minimum absolute atomic E-state index is 0.142. The smallest absolute Gasteiger partial charge is 0.269 e. The molecule has 1 aromatic rings. The number of aromatic nitrogens is 2. The van der Waals surface area contributed by atoms with Gasteiger partial charge in [-0.3, -0.25) is 9.48 Å². The number of nitrogens with zero attached hydrogens (tertiary/aromatic N) is 1. The maximum Gasteiger partial charge on any atom is 0.269 e. The van der Waals surface area contributed by atoms with Crippen molar-refractivity contribution in [3.8, 4) is 0 Å². The molecule has 3 heteroatoms. The fourth-order valence-corrected chi connectivity index (χ4v) is 1.32. The molecule has 1 aromatic heterocycles. The molecular formula is C10H18N2O. The summed E-state index contributed by atoms with van der Waals surface area (Å²) in [5, 5.41) is 2.99. The third kappa shape index (κ3) is 2.23. The van der Waals surface area contributed by atoms with Gasteiger partial charge in [0.25, 0.3) is 5.56 Å². The van der Waals surface area contributed by atoms with E-state index in [0.29, 0.717) is 5.92 Å². The first-order valence-electron chi connectivity index (χ1n) is 4.95. The second kappa shape index (κ2) is 4.30. The molecule has 0 aliphatic carbocycles. The van der Waals surface area contributed by atoms with Crippen LogP contribution in [0.2, 0.25) is 0 Å². The van der Waals surface area contributed by atoms with E-state index in [1.807, 2.05) is 20.0 Å². The molecule has 0 radical (unpaired) electrons. The summed E-state index contributed by atoms with van der Waals surface area (Å²) in [7, 11) is 0. The average Bonchev–Trinajstić information content (AvgIpc) is 2.43. The van der Waals surface area contributed by atoms with Gasteiger partial charge in [0.2, 0.25) is 0 Å². The van der Waals surface area contributed by atoms with Crippen LogP contribution in [0.5, 0.6) is 0 Å². The highest BCUT2D eigenvalue weighted by Gasteiger charge is 2.08. The Morgan fingerprint density at radius 3 is 2.69 bits per heavy atom. The van der Waals surface area contributed by atoms with Crippen LogP contribution in [-0.2, 0) is 6.54 Å². The zero-order chi connectivity index (χ0) is 9.84. The van der Waals surface area contributed by atoms with E-state index in [-0.39, 0.29) is 5.56 Å². The van der Waals surface area contributed by atoms with Gasteiger partial charge < -0.3 is 5.10 Å². The van der Waals surface area contributed by atoms with E-state index in [1.54, 1.807) is 4.68 Å². The quantitative estimate of drug-likeness (QED) is 0.760. The summed E-state index contributed by atoms with van der Waals surface area (Å²) in [5.41, 5.74) is 1.03. The Labute approximate surface area is 78.8 Å². The maximum absolute atomic E-state index is 11.6. The van der Waals surface area contributed by atoms with Gasteiger partial charge in [0, 0.05) is 18.3 Å². The predicted molar refractivity (Wildman–Crippen MR) is 54.0 cm³/mol. The number of aryl methyl sites for hydroxylation is 1. The van der Waals surface area contributed by atoms with Gasteiger partial charge in [-0.2, -0.15) is 0 Å². The highest BCUT2D eigenvalue weighted by atomic mass is 16.1. The van der Waals surface area contributed by atoms with Crippen molar-refractivity contribution in [2.45, 2.75) is 46.1 Å². The second-order valence-electron chi connectivity index (χ2n) is 3.69. The molecule has 0 amide bonds. The Morgan fingerprint density at radius 1 is 1.54 bits per heavy atom. The summed E-state index contributed by atoms with van der Waals surface area (Å²) in [6.07, 6.45) is 3.99. The first-order chi connectivity index (χ1) is 6.16. The lowest BCUT2D eigenvalue weighted by Crippen LogP contribution is -2.19. The molecule has 0 aromatic carbocycles. The first-order valence-corrected chi connectivity index (χ1v) is 4.95. The molecule has 13 heavy (non-hydrogen) atoms. The standard InChI is InChI=1S/C10H18N2O/c1-4-5-6-12-10(13)9(7-11-12)8(2)3/h7-8,11H,4-6H2,1-3H3. The molecule has 1 rings (SSSR count). The largest absolute Gasteiger partial charge is 0.303 e. The molecule has 0 aliphatic rings. The van der Waals surface area contributed by atoms with Gasteiger partial charge >= 0.3 is 0 Å². The normalized spacial score (nSPS) is 11.1. The molecule has 74 valence electrons. The van der Waals surface area contributed by atoms with Gasteiger partial charge in [0.05, 0.1) is 0 Å². The van der Waals surface area contributed by atoms with Gasteiger partial charge in [0.1, 0.15) is 0 Å². The molecule has 3 nitrogen and oxygen atoms in total.